The lowest BCUT2D eigenvalue weighted by atomic mass is 10.1. The van der Waals surface area contributed by atoms with Gasteiger partial charge in [0.25, 0.3) is 0 Å². The molecule has 0 bridgehead atoms. The largest absolute Gasteiger partial charge is 0.352 e. The van der Waals surface area contributed by atoms with Crippen molar-refractivity contribution in [1.82, 2.24) is 9.88 Å². The Bertz CT molecular complexity index is 1220. The van der Waals surface area contributed by atoms with Crippen molar-refractivity contribution >= 4 is 16.8 Å². The van der Waals surface area contributed by atoms with Gasteiger partial charge in [-0.25, -0.2) is 13.2 Å². The number of hydrogen-bond donors (Lipinski definition) is 1. The molecule has 1 aromatic heterocycles. The van der Waals surface area contributed by atoms with E-state index in [4.69, 9.17) is 0 Å². The van der Waals surface area contributed by atoms with Gasteiger partial charge < -0.3 is 9.88 Å². The molecule has 3 aromatic carbocycles. The number of aromatic nitrogens is 1. The molecule has 0 atom stereocenters. The molecule has 0 aliphatic carbocycles. The van der Waals surface area contributed by atoms with E-state index in [2.05, 4.69) is 9.88 Å². The maximum Gasteiger partial charge on any atom is 0.220 e. The van der Waals surface area contributed by atoms with Crippen LogP contribution in [0.4, 0.5) is 13.2 Å². The van der Waals surface area contributed by atoms with E-state index in [1.54, 1.807) is 12.1 Å². The predicted molar refractivity (Wildman–Crippen MR) is 114 cm³/mol. The van der Waals surface area contributed by atoms with E-state index >= 15 is 0 Å². The van der Waals surface area contributed by atoms with Gasteiger partial charge in [-0.15, -0.1) is 0 Å². The van der Waals surface area contributed by atoms with E-state index in [0.29, 0.717) is 13.0 Å². The molecule has 0 aliphatic rings. The van der Waals surface area contributed by atoms with Crippen LogP contribution in [0.3, 0.4) is 0 Å². The van der Waals surface area contributed by atoms with Gasteiger partial charge in [0.2, 0.25) is 5.91 Å². The Hall–Kier alpha value is -3.54. The maximum absolute atomic E-state index is 13.7. The minimum atomic E-state index is -0.677. The van der Waals surface area contributed by atoms with Crippen molar-refractivity contribution in [1.29, 1.82) is 0 Å². The van der Waals surface area contributed by atoms with Crippen molar-refractivity contribution in [2.75, 3.05) is 0 Å². The second-order valence-corrected chi connectivity index (χ2v) is 7.44. The summed E-state index contributed by atoms with van der Waals surface area (Å²) in [6, 6.07) is 17.6. The normalized spacial score (nSPS) is 11.1. The molecule has 4 rings (SSSR count). The number of nitrogens with one attached hydrogen (secondary N) is 1. The molecule has 4 aromatic rings. The van der Waals surface area contributed by atoms with Gasteiger partial charge in [0, 0.05) is 48.2 Å². The zero-order valence-electron chi connectivity index (χ0n) is 16.7. The molecular formula is C25H21F3N2O. The molecule has 0 spiro atoms. The number of para-hydroxylation sites is 1. The zero-order chi connectivity index (χ0) is 21.8. The first kappa shape index (κ1) is 20.7. The third-order valence-electron chi connectivity index (χ3n) is 5.25. The molecule has 6 heteroatoms. The van der Waals surface area contributed by atoms with Crippen LogP contribution in [0.15, 0.2) is 72.9 Å². The van der Waals surface area contributed by atoms with Gasteiger partial charge >= 0.3 is 0 Å². The molecule has 0 saturated heterocycles. The smallest absolute Gasteiger partial charge is 0.220 e. The second kappa shape index (κ2) is 9.08. The summed E-state index contributed by atoms with van der Waals surface area (Å²) in [5.41, 5.74) is 3.29. The lowest BCUT2D eigenvalue weighted by Gasteiger charge is -2.06. The fraction of sp³-hybridized carbons (Fsp3) is 0.160. The number of aryl methyl sites for hydroxylation is 1. The minimum Gasteiger partial charge on any atom is -0.352 e. The Balaban J connectivity index is 1.43. The molecular weight excluding hydrogens is 401 g/mol. The molecule has 1 amide bonds. The van der Waals surface area contributed by atoms with Gasteiger partial charge in [-0.1, -0.05) is 36.4 Å². The van der Waals surface area contributed by atoms with E-state index in [1.807, 2.05) is 30.5 Å². The van der Waals surface area contributed by atoms with Crippen molar-refractivity contribution in [3.8, 4) is 0 Å². The summed E-state index contributed by atoms with van der Waals surface area (Å²) in [6.45, 7) is 0.605. The number of carbonyl (C=O) groups excluding carboxylic acids is 1. The molecule has 0 aliphatic heterocycles. The number of rotatable bonds is 7. The van der Waals surface area contributed by atoms with Gasteiger partial charge in [0.1, 0.15) is 17.5 Å². The van der Waals surface area contributed by atoms with Crippen LogP contribution in [0.1, 0.15) is 23.1 Å². The van der Waals surface area contributed by atoms with Crippen molar-refractivity contribution in [3.05, 3.63) is 107 Å². The molecule has 1 N–H and O–H groups in total. The number of amides is 1. The summed E-state index contributed by atoms with van der Waals surface area (Å²) < 4.78 is 42.0. The average molecular weight is 422 g/mol. The maximum atomic E-state index is 13.7. The topological polar surface area (TPSA) is 34.0 Å². The minimum absolute atomic E-state index is 0.0112. The summed E-state index contributed by atoms with van der Waals surface area (Å²) in [7, 11) is 0. The van der Waals surface area contributed by atoms with Crippen molar-refractivity contribution in [2.24, 2.45) is 0 Å². The highest BCUT2D eigenvalue weighted by Gasteiger charge is 2.11. The average Bonchev–Trinajstić information content (AvgIpc) is 3.11. The molecule has 0 saturated carbocycles. The number of hydrogen-bond acceptors (Lipinski definition) is 1. The van der Waals surface area contributed by atoms with Gasteiger partial charge in [-0.2, -0.15) is 0 Å². The number of fused-ring (bicyclic) bond motifs is 1. The third kappa shape index (κ3) is 4.97. The zero-order valence-corrected chi connectivity index (χ0v) is 16.7. The number of benzene rings is 3. The highest BCUT2D eigenvalue weighted by atomic mass is 19.1. The van der Waals surface area contributed by atoms with Gasteiger partial charge in [0.05, 0.1) is 0 Å². The lowest BCUT2D eigenvalue weighted by molar-refractivity contribution is -0.121. The Labute approximate surface area is 178 Å². The van der Waals surface area contributed by atoms with Gasteiger partial charge in [-0.05, 0) is 41.8 Å². The monoisotopic (exact) mass is 422 g/mol. The molecule has 0 unspecified atom stereocenters. The quantitative estimate of drug-likeness (QED) is 0.428. The van der Waals surface area contributed by atoms with Crippen LogP contribution < -0.4 is 5.32 Å². The molecule has 31 heavy (non-hydrogen) atoms. The number of halogens is 3. The van der Waals surface area contributed by atoms with Gasteiger partial charge in [-0.3, -0.25) is 4.79 Å². The van der Waals surface area contributed by atoms with E-state index < -0.39 is 11.6 Å². The van der Waals surface area contributed by atoms with Gasteiger partial charge in [0.15, 0.2) is 0 Å². The van der Waals surface area contributed by atoms with Crippen molar-refractivity contribution in [3.63, 3.8) is 0 Å². The number of carbonyl (C=O) groups is 1. The highest BCUT2D eigenvalue weighted by molar-refractivity contribution is 5.85. The third-order valence-corrected chi connectivity index (χ3v) is 5.25. The second-order valence-electron chi connectivity index (χ2n) is 7.44. The standard InChI is InChI=1S/C25H21F3N2O/c26-20-9-5-17(6-10-20)15-30-16-19(22-3-1-2-4-24(22)30)8-12-25(31)29-14-18-7-11-21(27)13-23(18)28/h1-7,9-11,13,16H,8,12,14-15H2,(H,29,31). The Morgan fingerprint density at radius 1 is 0.871 bits per heavy atom. The molecule has 1 heterocycles. The summed E-state index contributed by atoms with van der Waals surface area (Å²) in [5.74, 6) is -1.80. The molecule has 0 radical (unpaired) electrons. The summed E-state index contributed by atoms with van der Waals surface area (Å²) in [4.78, 5) is 12.3. The number of nitrogens with zero attached hydrogens (tertiary/aromatic N) is 1. The SMILES string of the molecule is O=C(CCc1cn(Cc2ccc(F)cc2)c2ccccc12)NCc1ccc(F)cc1F. The van der Waals surface area contributed by atoms with E-state index in [0.717, 1.165) is 28.1 Å². The van der Waals surface area contributed by atoms with E-state index in [9.17, 15) is 18.0 Å². The van der Waals surface area contributed by atoms with E-state index in [1.165, 1.54) is 24.3 Å². The Morgan fingerprint density at radius 3 is 2.39 bits per heavy atom. The summed E-state index contributed by atoms with van der Waals surface area (Å²) in [5, 5.41) is 3.74. The Kier molecular flexibility index (Phi) is 6.07. The van der Waals surface area contributed by atoms with E-state index in [-0.39, 0.29) is 30.3 Å². The van der Waals surface area contributed by atoms with Crippen LogP contribution in [-0.2, 0) is 24.3 Å². The molecule has 158 valence electrons. The molecule has 3 nitrogen and oxygen atoms in total. The first-order valence-corrected chi connectivity index (χ1v) is 10.0. The fourth-order valence-corrected chi connectivity index (χ4v) is 3.63. The summed E-state index contributed by atoms with van der Waals surface area (Å²) in [6.07, 6.45) is 2.78. The van der Waals surface area contributed by atoms with Crippen LogP contribution in [0.25, 0.3) is 10.9 Å². The first-order chi connectivity index (χ1) is 15.0. The lowest BCUT2D eigenvalue weighted by Crippen LogP contribution is -2.23. The predicted octanol–water partition coefficient (Wildman–Crippen LogP) is 5.36. The molecule has 0 fully saturated rings. The van der Waals surface area contributed by atoms with Crippen LogP contribution in [-0.4, -0.2) is 10.5 Å². The van der Waals surface area contributed by atoms with Crippen LogP contribution >= 0.6 is 0 Å². The highest BCUT2D eigenvalue weighted by Crippen LogP contribution is 2.24. The first-order valence-electron chi connectivity index (χ1n) is 10.0. The van der Waals surface area contributed by atoms with Crippen LogP contribution in [0, 0.1) is 17.5 Å². The Morgan fingerprint density at radius 2 is 1.61 bits per heavy atom. The fourth-order valence-electron chi connectivity index (χ4n) is 3.63. The summed E-state index contributed by atoms with van der Waals surface area (Å²) >= 11 is 0. The van der Waals surface area contributed by atoms with Crippen molar-refractivity contribution < 1.29 is 18.0 Å². The van der Waals surface area contributed by atoms with Crippen molar-refractivity contribution in [2.45, 2.75) is 25.9 Å². The van der Waals surface area contributed by atoms with Crippen LogP contribution in [0.5, 0.6) is 0 Å². The van der Waals surface area contributed by atoms with Crippen LogP contribution in [0.2, 0.25) is 0 Å².